The van der Waals surface area contributed by atoms with E-state index in [0.29, 0.717) is 28.2 Å². The summed E-state index contributed by atoms with van der Waals surface area (Å²) >= 11 is 7.54. The second kappa shape index (κ2) is 12.5. The number of hydrogen-bond donors (Lipinski definition) is 4. The Labute approximate surface area is 217 Å². The quantitative estimate of drug-likeness (QED) is 0.288. The number of urea groups is 1. The number of likely N-dealkylation sites (N-methyl/N-ethyl adjacent to an activating group) is 1. The monoisotopic (exact) mass is 539 g/mol. The van der Waals surface area contributed by atoms with E-state index in [2.05, 4.69) is 25.9 Å². The number of anilines is 2. The fraction of sp³-hybridized carbons (Fsp3) is 0.273. The zero-order valence-electron chi connectivity index (χ0n) is 19.6. The van der Waals surface area contributed by atoms with Gasteiger partial charge < -0.3 is 30.5 Å². The summed E-state index contributed by atoms with van der Waals surface area (Å²) < 4.78 is 2.99. The number of hydrogen-bond acceptors (Lipinski definition) is 7. The number of carbonyl (C=O) groups excluding carboxylic acids is 1. The molecular formula is C22H27Cl2N7O3S. The average Bonchev–Trinajstić information content (AvgIpc) is 3.36. The van der Waals surface area contributed by atoms with E-state index in [1.165, 1.54) is 16.2 Å². The van der Waals surface area contributed by atoms with Crippen molar-refractivity contribution in [2.75, 3.05) is 40.1 Å². The highest BCUT2D eigenvalue weighted by molar-refractivity contribution is 7.22. The van der Waals surface area contributed by atoms with Crippen LogP contribution >= 0.6 is 35.3 Å². The molecule has 0 unspecified atom stereocenters. The fourth-order valence-corrected chi connectivity index (χ4v) is 4.21. The standard InChI is InChI=1S/C18H16ClN5O2S.C4H10N2O.ClH/c1-20-6-7-24-14-5-2-10(16(25)26)8-13(14)21-17(24)23-18-22-12-4-3-11(19)9-15(12)27-18;1-5-4(7)6(2)3;/h2-5,8-9,20H,6-7H2,1H3,(H,25,26)(H,21,22,23);1-3H3,(H,5,7);1H. The molecule has 4 rings (SSSR count). The van der Waals surface area contributed by atoms with Gasteiger partial charge in [-0.1, -0.05) is 22.9 Å². The van der Waals surface area contributed by atoms with Gasteiger partial charge in [0, 0.05) is 39.3 Å². The van der Waals surface area contributed by atoms with E-state index in [0.717, 1.165) is 22.3 Å². The molecule has 4 N–H and O–H groups in total. The Balaban J connectivity index is 0.000000476. The number of fused-ring (bicyclic) bond motifs is 2. The van der Waals surface area contributed by atoms with Gasteiger partial charge in [-0.2, -0.15) is 0 Å². The number of rotatable bonds is 6. The molecule has 10 nitrogen and oxygen atoms in total. The van der Waals surface area contributed by atoms with E-state index in [1.54, 1.807) is 39.3 Å². The van der Waals surface area contributed by atoms with Crippen molar-refractivity contribution < 1.29 is 14.7 Å². The summed E-state index contributed by atoms with van der Waals surface area (Å²) in [5, 5.41) is 19.4. The average molecular weight is 540 g/mol. The van der Waals surface area contributed by atoms with E-state index in [1.807, 2.05) is 29.8 Å². The van der Waals surface area contributed by atoms with E-state index in [4.69, 9.17) is 11.6 Å². The van der Waals surface area contributed by atoms with Gasteiger partial charge in [0.15, 0.2) is 5.13 Å². The lowest BCUT2D eigenvalue weighted by molar-refractivity contribution is 0.0697. The third kappa shape index (κ3) is 6.95. The van der Waals surface area contributed by atoms with E-state index in [9.17, 15) is 14.7 Å². The van der Waals surface area contributed by atoms with Crippen molar-refractivity contribution in [3.63, 3.8) is 0 Å². The van der Waals surface area contributed by atoms with Crippen LogP contribution in [0.15, 0.2) is 36.4 Å². The lowest BCUT2D eigenvalue weighted by atomic mass is 10.2. The number of amides is 2. The highest BCUT2D eigenvalue weighted by atomic mass is 35.5. The van der Waals surface area contributed by atoms with Gasteiger partial charge in [-0.3, -0.25) is 0 Å². The van der Waals surface area contributed by atoms with Crippen molar-refractivity contribution >= 4 is 79.7 Å². The molecule has 0 saturated carbocycles. The lowest BCUT2D eigenvalue weighted by Gasteiger charge is -2.09. The van der Waals surface area contributed by atoms with Gasteiger partial charge in [-0.25, -0.2) is 19.6 Å². The molecule has 2 heterocycles. The first-order valence-corrected chi connectivity index (χ1v) is 11.5. The fourth-order valence-electron chi connectivity index (χ4n) is 3.08. The molecule has 2 aromatic heterocycles. The zero-order chi connectivity index (χ0) is 24.8. The predicted molar refractivity (Wildman–Crippen MR) is 144 cm³/mol. The van der Waals surface area contributed by atoms with Gasteiger partial charge in [0.25, 0.3) is 0 Å². The maximum atomic E-state index is 11.2. The Morgan fingerprint density at radius 2 is 1.86 bits per heavy atom. The molecule has 0 radical (unpaired) electrons. The number of carboxylic acid groups (broad SMARTS) is 1. The Hall–Kier alpha value is -3.12. The maximum Gasteiger partial charge on any atom is 0.335 e. The summed E-state index contributed by atoms with van der Waals surface area (Å²) in [4.78, 5) is 32.2. The van der Waals surface area contributed by atoms with Crippen molar-refractivity contribution in [2.45, 2.75) is 6.54 Å². The summed E-state index contributed by atoms with van der Waals surface area (Å²) in [6.45, 7) is 1.43. The van der Waals surface area contributed by atoms with Crippen LogP contribution in [0.25, 0.3) is 21.3 Å². The van der Waals surface area contributed by atoms with Gasteiger partial charge in [0.1, 0.15) is 0 Å². The van der Waals surface area contributed by atoms with Gasteiger partial charge in [-0.05, 0) is 43.4 Å². The summed E-state index contributed by atoms with van der Waals surface area (Å²) in [6.07, 6.45) is 0. The Morgan fingerprint density at radius 3 is 2.46 bits per heavy atom. The third-order valence-electron chi connectivity index (χ3n) is 4.77. The molecule has 13 heteroatoms. The summed E-state index contributed by atoms with van der Waals surface area (Å²) in [5.74, 6) is -0.354. The first-order valence-electron chi connectivity index (χ1n) is 10.3. The van der Waals surface area contributed by atoms with Gasteiger partial charge in [0.05, 0.1) is 26.8 Å². The van der Waals surface area contributed by atoms with Crippen LogP contribution in [0.1, 0.15) is 10.4 Å². The van der Waals surface area contributed by atoms with E-state index >= 15 is 0 Å². The summed E-state index contributed by atoms with van der Waals surface area (Å²) in [7, 11) is 6.87. The van der Waals surface area contributed by atoms with E-state index in [-0.39, 0.29) is 24.0 Å². The normalized spacial score (nSPS) is 10.3. The molecule has 0 bridgehead atoms. The third-order valence-corrected chi connectivity index (χ3v) is 5.94. The predicted octanol–water partition coefficient (Wildman–Crippen LogP) is 4.27. The SMILES string of the molecule is CNC(=O)N(C)C.CNCCn1c(Nc2nc3ccc(Cl)cc3s2)nc2cc(C(=O)O)ccc21.Cl. The van der Waals surface area contributed by atoms with E-state index < -0.39 is 5.97 Å². The van der Waals surface area contributed by atoms with Crippen LogP contribution < -0.4 is 16.0 Å². The molecule has 0 aliphatic rings. The summed E-state index contributed by atoms with van der Waals surface area (Å²) in [6, 6.07) is 10.4. The number of carbonyl (C=O) groups is 2. The van der Waals surface area contributed by atoms with Gasteiger partial charge >= 0.3 is 12.0 Å². The minimum atomic E-state index is -0.973. The van der Waals surface area contributed by atoms with Crippen molar-refractivity contribution in [3.8, 4) is 0 Å². The van der Waals surface area contributed by atoms with Crippen LogP contribution in [0.4, 0.5) is 15.9 Å². The second-order valence-corrected chi connectivity index (χ2v) is 8.87. The molecule has 0 fully saturated rings. The number of aromatic carboxylic acids is 1. The van der Waals surface area contributed by atoms with Gasteiger partial charge in [-0.15, -0.1) is 12.4 Å². The number of nitrogens with zero attached hydrogens (tertiary/aromatic N) is 4. The lowest BCUT2D eigenvalue weighted by Crippen LogP contribution is -2.31. The number of halogens is 2. The summed E-state index contributed by atoms with van der Waals surface area (Å²) in [5.41, 5.74) is 2.56. The molecule has 2 aromatic carbocycles. The van der Waals surface area contributed by atoms with Gasteiger partial charge in [0.2, 0.25) is 5.95 Å². The van der Waals surface area contributed by atoms with Crippen LogP contribution in [0, 0.1) is 0 Å². The number of thiazole rings is 1. The molecule has 188 valence electrons. The van der Waals surface area contributed by atoms with Crippen LogP contribution in [-0.4, -0.2) is 71.3 Å². The molecule has 35 heavy (non-hydrogen) atoms. The van der Waals surface area contributed by atoms with Crippen molar-refractivity contribution in [1.82, 2.24) is 30.1 Å². The number of aromatic nitrogens is 3. The van der Waals surface area contributed by atoms with Crippen LogP contribution in [-0.2, 0) is 6.54 Å². The molecule has 0 saturated heterocycles. The van der Waals surface area contributed by atoms with Crippen molar-refractivity contribution in [3.05, 3.63) is 47.0 Å². The molecule has 4 aromatic rings. The molecular weight excluding hydrogens is 513 g/mol. The van der Waals surface area contributed by atoms with Crippen LogP contribution in [0.2, 0.25) is 5.02 Å². The molecule has 0 spiro atoms. The first-order chi connectivity index (χ1) is 16.2. The molecule has 0 atom stereocenters. The maximum absolute atomic E-state index is 11.2. The Morgan fingerprint density at radius 1 is 1.11 bits per heavy atom. The van der Waals surface area contributed by atoms with Crippen LogP contribution in [0.5, 0.6) is 0 Å². The largest absolute Gasteiger partial charge is 0.478 e. The topological polar surface area (TPSA) is 124 Å². The second-order valence-electron chi connectivity index (χ2n) is 7.40. The van der Waals surface area contributed by atoms with Crippen molar-refractivity contribution in [1.29, 1.82) is 0 Å². The van der Waals surface area contributed by atoms with Crippen LogP contribution in [0.3, 0.4) is 0 Å². The number of benzene rings is 2. The Kier molecular flexibility index (Phi) is 10.1. The highest BCUT2D eigenvalue weighted by Gasteiger charge is 2.15. The molecule has 0 aliphatic heterocycles. The number of nitrogens with one attached hydrogen (secondary N) is 3. The highest BCUT2D eigenvalue weighted by Crippen LogP contribution is 2.31. The number of carboxylic acids is 1. The smallest absolute Gasteiger partial charge is 0.335 e. The van der Waals surface area contributed by atoms with Crippen molar-refractivity contribution in [2.24, 2.45) is 0 Å². The minimum absolute atomic E-state index is 0. The first kappa shape index (κ1) is 28.1. The zero-order valence-corrected chi connectivity index (χ0v) is 22.0. The Bertz CT molecular complexity index is 1320. The minimum Gasteiger partial charge on any atom is -0.478 e. The molecule has 2 amide bonds. The number of imidazole rings is 1. The molecule has 0 aliphatic carbocycles.